The van der Waals surface area contributed by atoms with Gasteiger partial charge in [0.05, 0.1) is 5.69 Å². The minimum absolute atomic E-state index is 0.305. The molecule has 0 amide bonds. The van der Waals surface area contributed by atoms with Gasteiger partial charge < -0.3 is 5.11 Å². The van der Waals surface area contributed by atoms with Gasteiger partial charge in [0.2, 0.25) is 0 Å². The van der Waals surface area contributed by atoms with Crippen LogP contribution in [0.1, 0.15) is 71.2 Å². The monoisotopic (exact) mass is 238 g/mol. The van der Waals surface area contributed by atoms with Gasteiger partial charge in [0.1, 0.15) is 5.69 Å². The summed E-state index contributed by atoms with van der Waals surface area (Å²) in [6, 6.07) is 0. The Balaban J connectivity index is 3.19. The molecule has 3 nitrogen and oxygen atoms in total. The highest BCUT2D eigenvalue weighted by Gasteiger charge is 2.22. The Hall–Kier alpha value is -0.990. The quantitative estimate of drug-likeness (QED) is 0.845. The van der Waals surface area contributed by atoms with Crippen LogP contribution in [0.3, 0.4) is 0 Å². The van der Waals surface area contributed by atoms with Gasteiger partial charge in [0, 0.05) is 12.5 Å². The van der Waals surface area contributed by atoms with Gasteiger partial charge in [0.15, 0.2) is 5.75 Å². The Bertz CT molecular complexity index is 367. The van der Waals surface area contributed by atoms with Crippen molar-refractivity contribution in [3.8, 4) is 5.75 Å². The van der Waals surface area contributed by atoms with Crippen LogP contribution in [0.25, 0.3) is 0 Å². The molecule has 0 bridgehead atoms. The molecule has 0 fully saturated rings. The summed E-state index contributed by atoms with van der Waals surface area (Å²) in [7, 11) is 0. The van der Waals surface area contributed by atoms with Gasteiger partial charge in [-0.15, -0.1) is 0 Å². The standard InChI is InChI=1S/C14H26N2O/c1-7-11(6)12-14(17)13(10(4)5)16(15-12)8-9(2)3/h9-11,17H,7-8H2,1-6H3. The second-order valence-corrected chi connectivity index (χ2v) is 5.66. The van der Waals surface area contributed by atoms with Crippen LogP contribution in [0, 0.1) is 5.92 Å². The summed E-state index contributed by atoms with van der Waals surface area (Å²) in [6.45, 7) is 13.7. The molecule has 0 saturated carbocycles. The Morgan fingerprint density at radius 2 is 1.76 bits per heavy atom. The molecule has 0 aliphatic heterocycles. The van der Waals surface area contributed by atoms with Crippen molar-refractivity contribution in [2.24, 2.45) is 5.92 Å². The van der Waals surface area contributed by atoms with Gasteiger partial charge in [-0.05, 0) is 18.3 Å². The number of hydrogen-bond acceptors (Lipinski definition) is 2. The van der Waals surface area contributed by atoms with E-state index in [1.165, 1.54) is 0 Å². The maximum atomic E-state index is 10.3. The molecule has 0 aliphatic carbocycles. The first kappa shape index (κ1) is 14.1. The lowest BCUT2D eigenvalue weighted by molar-refractivity contribution is 0.435. The fourth-order valence-electron chi connectivity index (χ4n) is 2.07. The lowest BCUT2D eigenvalue weighted by Crippen LogP contribution is -2.11. The predicted octanol–water partition coefficient (Wildman–Crippen LogP) is 3.88. The van der Waals surface area contributed by atoms with Crippen LogP contribution in [0.15, 0.2) is 0 Å². The average Bonchev–Trinajstić information content (AvgIpc) is 2.53. The molecule has 1 unspecified atom stereocenters. The van der Waals surface area contributed by atoms with Crippen molar-refractivity contribution in [1.82, 2.24) is 9.78 Å². The Morgan fingerprint density at radius 3 is 2.18 bits per heavy atom. The topological polar surface area (TPSA) is 38.0 Å². The van der Waals surface area contributed by atoms with E-state index in [1.54, 1.807) is 0 Å². The van der Waals surface area contributed by atoms with Crippen molar-refractivity contribution in [3.63, 3.8) is 0 Å². The van der Waals surface area contributed by atoms with E-state index in [4.69, 9.17) is 0 Å². The molecular formula is C14H26N2O. The first-order valence-corrected chi connectivity index (χ1v) is 6.67. The minimum atomic E-state index is 0.305. The SMILES string of the molecule is CCC(C)c1nn(CC(C)C)c(C(C)C)c1O. The molecule has 98 valence electrons. The van der Waals surface area contributed by atoms with E-state index >= 15 is 0 Å². The zero-order chi connectivity index (χ0) is 13.2. The third-order valence-corrected chi connectivity index (χ3v) is 3.16. The zero-order valence-corrected chi connectivity index (χ0v) is 12.0. The van der Waals surface area contributed by atoms with Crippen LogP contribution in [-0.4, -0.2) is 14.9 Å². The maximum Gasteiger partial charge on any atom is 0.160 e. The van der Waals surface area contributed by atoms with Gasteiger partial charge >= 0.3 is 0 Å². The van der Waals surface area contributed by atoms with E-state index in [0.717, 1.165) is 24.4 Å². The molecular weight excluding hydrogens is 212 g/mol. The van der Waals surface area contributed by atoms with Crippen LogP contribution in [0.4, 0.5) is 0 Å². The van der Waals surface area contributed by atoms with E-state index in [2.05, 4.69) is 46.6 Å². The Labute approximate surface area is 105 Å². The molecule has 1 atom stereocenters. The van der Waals surface area contributed by atoms with Crippen molar-refractivity contribution in [1.29, 1.82) is 0 Å². The smallest absolute Gasteiger partial charge is 0.160 e. The molecule has 0 spiro atoms. The van der Waals surface area contributed by atoms with Gasteiger partial charge in [-0.1, -0.05) is 41.5 Å². The summed E-state index contributed by atoms with van der Waals surface area (Å²) < 4.78 is 1.99. The van der Waals surface area contributed by atoms with E-state index in [0.29, 0.717) is 23.5 Å². The Kier molecular flexibility index (Phi) is 4.61. The molecule has 0 radical (unpaired) electrons. The van der Waals surface area contributed by atoms with Crippen LogP contribution in [-0.2, 0) is 6.54 Å². The number of rotatable bonds is 5. The van der Waals surface area contributed by atoms with Gasteiger partial charge in [-0.2, -0.15) is 5.10 Å². The molecule has 1 N–H and O–H groups in total. The molecule has 1 rings (SSSR count). The lowest BCUT2D eigenvalue weighted by atomic mass is 10.0. The van der Waals surface area contributed by atoms with Crippen molar-refractivity contribution in [2.45, 2.75) is 66.3 Å². The van der Waals surface area contributed by atoms with Crippen LogP contribution < -0.4 is 0 Å². The molecule has 0 saturated heterocycles. The van der Waals surface area contributed by atoms with Gasteiger partial charge in [-0.25, -0.2) is 0 Å². The van der Waals surface area contributed by atoms with Gasteiger partial charge in [0.25, 0.3) is 0 Å². The third kappa shape index (κ3) is 3.02. The number of aromatic hydroxyl groups is 1. The second kappa shape index (κ2) is 5.56. The predicted molar refractivity (Wildman–Crippen MR) is 71.5 cm³/mol. The molecule has 0 aromatic carbocycles. The third-order valence-electron chi connectivity index (χ3n) is 3.16. The van der Waals surface area contributed by atoms with Crippen molar-refractivity contribution >= 4 is 0 Å². The minimum Gasteiger partial charge on any atom is -0.504 e. The first-order chi connectivity index (χ1) is 7.88. The summed E-state index contributed by atoms with van der Waals surface area (Å²) in [5.41, 5.74) is 1.84. The molecule has 1 heterocycles. The van der Waals surface area contributed by atoms with Crippen LogP contribution in [0.5, 0.6) is 5.75 Å². The highest BCUT2D eigenvalue weighted by atomic mass is 16.3. The normalized spacial score (nSPS) is 13.6. The fourth-order valence-corrected chi connectivity index (χ4v) is 2.07. The summed E-state index contributed by atoms with van der Waals surface area (Å²) >= 11 is 0. The molecule has 17 heavy (non-hydrogen) atoms. The lowest BCUT2D eigenvalue weighted by Gasteiger charge is -2.12. The van der Waals surface area contributed by atoms with E-state index < -0.39 is 0 Å². The zero-order valence-electron chi connectivity index (χ0n) is 12.0. The number of aromatic nitrogens is 2. The summed E-state index contributed by atoms with van der Waals surface area (Å²) in [6.07, 6.45) is 1.00. The van der Waals surface area contributed by atoms with E-state index in [1.807, 2.05) is 4.68 Å². The summed E-state index contributed by atoms with van der Waals surface area (Å²) in [5, 5.41) is 14.9. The molecule has 0 aliphatic rings. The van der Waals surface area contributed by atoms with Crippen molar-refractivity contribution in [2.75, 3.05) is 0 Å². The highest BCUT2D eigenvalue weighted by Crippen LogP contribution is 2.34. The second-order valence-electron chi connectivity index (χ2n) is 5.66. The largest absolute Gasteiger partial charge is 0.504 e. The summed E-state index contributed by atoms with van der Waals surface area (Å²) in [5.74, 6) is 1.58. The van der Waals surface area contributed by atoms with Crippen molar-refractivity contribution < 1.29 is 5.11 Å². The maximum absolute atomic E-state index is 10.3. The fraction of sp³-hybridized carbons (Fsp3) is 0.786. The van der Waals surface area contributed by atoms with E-state index in [9.17, 15) is 5.11 Å². The van der Waals surface area contributed by atoms with Gasteiger partial charge in [-0.3, -0.25) is 4.68 Å². The number of hydrogen-bond donors (Lipinski definition) is 1. The molecule has 1 aromatic heterocycles. The van der Waals surface area contributed by atoms with E-state index in [-0.39, 0.29) is 0 Å². The Morgan fingerprint density at radius 1 is 1.18 bits per heavy atom. The summed E-state index contributed by atoms with van der Waals surface area (Å²) in [4.78, 5) is 0. The molecule has 1 aromatic rings. The highest BCUT2D eigenvalue weighted by molar-refractivity contribution is 5.36. The van der Waals surface area contributed by atoms with Crippen LogP contribution in [0.2, 0.25) is 0 Å². The number of nitrogens with zero attached hydrogens (tertiary/aromatic N) is 2. The first-order valence-electron chi connectivity index (χ1n) is 6.67. The molecule has 3 heteroatoms. The van der Waals surface area contributed by atoms with Crippen LogP contribution >= 0.6 is 0 Å². The van der Waals surface area contributed by atoms with Crippen molar-refractivity contribution in [3.05, 3.63) is 11.4 Å². The average molecular weight is 238 g/mol.